The number of ether oxygens (including phenoxy) is 3. The molecule has 2 unspecified atom stereocenters. The first-order valence-corrected chi connectivity index (χ1v) is 11.8. The van der Waals surface area contributed by atoms with Gasteiger partial charge in [0.25, 0.3) is 5.91 Å². The lowest BCUT2D eigenvalue weighted by Gasteiger charge is -2.39. The first-order valence-electron chi connectivity index (χ1n) is 11.8. The number of hydrogen-bond donors (Lipinski definition) is 2. The summed E-state index contributed by atoms with van der Waals surface area (Å²) in [5, 5.41) is 11.7. The predicted molar refractivity (Wildman–Crippen MR) is 131 cm³/mol. The van der Waals surface area contributed by atoms with Crippen LogP contribution < -0.4 is 5.32 Å². The van der Waals surface area contributed by atoms with Crippen LogP contribution in [0.5, 0.6) is 0 Å². The van der Waals surface area contributed by atoms with Gasteiger partial charge in [-0.15, -0.1) is 0 Å². The third-order valence-corrected chi connectivity index (χ3v) is 5.75. The van der Waals surface area contributed by atoms with Crippen LogP contribution >= 0.6 is 0 Å². The average Bonchev–Trinajstić information content (AvgIpc) is 3.62. The molecular weight excluding hydrogens is 464 g/mol. The molecule has 2 aliphatic rings. The summed E-state index contributed by atoms with van der Waals surface area (Å²) in [5.41, 5.74) is 0.265. The van der Waals surface area contributed by atoms with Gasteiger partial charge in [0.1, 0.15) is 5.60 Å². The molecule has 2 fully saturated rings. The standard InChI is InChI=1S/C27H32N2O7/c1-27(2,3)36-26(33)29-13-14-35-17-22(29)23(25(32)34-4)28-24(31)19-11-9-18(10-12-19)7-5-6-8-20-15-21(20)16-30/h9-12,20-23,30H,13-17H2,1-4H3,(H,28,31)/t20?,21?,22-,23+/m1/s1. The summed E-state index contributed by atoms with van der Waals surface area (Å²) in [5.74, 6) is 10.8. The topological polar surface area (TPSA) is 114 Å². The van der Waals surface area contributed by atoms with E-state index >= 15 is 0 Å². The number of carbonyl (C=O) groups excluding carboxylic acids is 3. The van der Waals surface area contributed by atoms with E-state index in [4.69, 9.17) is 19.3 Å². The largest absolute Gasteiger partial charge is 0.467 e. The van der Waals surface area contributed by atoms with Crippen molar-refractivity contribution in [2.75, 3.05) is 33.5 Å². The molecule has 0 bridgehead atoms. The van der Waals surface area contributed by atoms with Gasteiger partial charge in [0.15, 0.2) is 6.04 Å². The van der Waals surface area contributed by atoms with Gasteiger partial charge in [-0.2, -0.15) is 0 Å². The van der Waals surface area contributed by atoms with Crippen LogP contribution in [-0.2, 0) is 19.0 Å². The maximum absolute atomic E-state index is 13.0. The minimum Gasteiger partial charge on any atom is -0.467 e. The molecule has 0 aromatic heterocycles. The zero-order valence-electron chi connectivity index (χ0n) is 21.0. The van der Waals surface area contributed by atoms with Crippen LogP contribution in [0, 0.1) is 35.5 Å². The van der Waals surface area contributed by atoms with Crippen LogP contribution in [0.1, 0.15) is 43.1 Å². The number of nitrogens with one attached hydrogen (secondary N) is 1. The van der Waals surface area contributed by atoms with Crippen molar-refractivity contribution in [1.29, 1.82) is 0 Å². The van der Waals surface area contributed by atoms with Crippen molar-refractivity contribution in [3.05, 3.63) is 35.4 Å². The number of aliphatic hydroxyl groups excluding tert-OH is 1. The number of hydrogen-bond acceptors (Lipinski definition) is 7. The van der Waals surface area contributed by atoms with E-state index in [2.05, 4.69) is 29.0 Å². The Labute approximate surface area is 211 Å². The number of carbonyl (C=O) groups is 3. The van der Waals surface area contributed by atoms with Gasteiger partial charge in [-0.3, -0.25) is 9.69 Å². The molecule has 4 atom stereocenters. The number of amides is 2. The predicted octanol–water partition coefficient (Wildman–Crippen LogP) is 1.58. The Morgan fingerprint density at radius 3 is 2.56 bits per heavy atom. The summed E-state index contributed by atoms with van der Waals surface area (Å²) in [6.45, 7) is 5.93. The van der Waals surface area contributed by atoms with E-state index in [0.29, 0.717) is 11.1 Å². The maximum atomic E-state index is 13.0. The van der Waals surface area contributed by atoms with Crippen molar-refractivity contribution in [2.45, 2.75) is 44.9 Å². The number of benzene rings is 1. The second-order valence-electron chi connectivity index (χ2n) is 9.67. The van der Waals surface area contributed by atoms with Crippen LogP contribution in [0.2, 0.25) is 0 Å². The van der Waals surface area contributed by atoms with Crippen molar-refractivity contribution in [3.8, 4) is 23.7 Å². The molecule has 9 heteroatoms. The van der Waals surface area contributed by atoms with Gasteiger partial charge in [0.05, 0.1) is 26.4 Å². The average molecular weight is 497 g/mol. The highest BCUT2D eigenvalue weighted by Crippen LogP contribution is 2.36. The van der Waals surface area contributed by atoms with Crippen LogP contribution in [0.25, 0.3) is 0 Å². The zero-order chi connectivity index (χ0) is 26.3. The van der Waals surface area contributed by atoms with Crippen LogP contribution in [-0.4, -0.2) is 79.1 Å². The Kier molecular flexibility index (Phi) is 8.98. The number of methoxy groups -OCH3 is 1. The Hall–Kier alpha value is -3.53. The zero-order valence-corrected chi connectivity index (χ0v) is 21.0. The van der Waals surface area contributed by atoms with E-state index in [1.807, 2.05) is 0 Å². The lowest BCUT2D eigenvalue weighted by atomic mass is 10.0. The fourth-order valence-electron chi connectivity index (χ4n) is 3.67. The van der Waals surface area contributed by atoms with E-state index in [1.165, 1.54) is 12.0 Å². The van der Waals surface area contributed by atoms with Crippen LogP contribution in [0.15, 0.2) is 24.3 Å². The molecule has 36 heavy (non-hydrogen) atoms. The highest BCUT2D eigenvalue weighted by Gasteiger charge is 2.41. The monoisotopic (exact) mass is 496 g/mol. The summed E-state index contributed by atoms with van der Waals surface area (Å²) >= 11 is 0. The molecule has 0 spiro atoms. The van der Waals surface area contributed by atoms with E-state index in [-0.39, 0.29) is 38.2 Å². The van der Waals surface area contributed by atoms with Crippen molar-refractivity contribution in [1.82, 2.24) is 10.2 Å². The van der Waals surface area contributed by atoms with E-state index in [0.717, 1.165) is 6.42 Å². The van der Waals surface area contributed by atoms with E-state index in [1.54, 1.807) is 45.0 Å². The Morgan fingerprint density at radius 1 is 1.22 bits per heavy atom. The summed E-state index contributed by atoms with van der Waals surface area (Å²) in [7, 11) is 1.21. The quantitative estimate of drug-likeness (QED) is 0.470. The van der Waals surface area contributed by atoms with Gasteiger partial charge >= 0.3 is 12.1 Å². The molecule has 1 aromatic carbocycles. The number of nitrogens with zero attached hydrogens (tertiary/aromatic N) is 1. The normalized spacial score (nSPS) is 21.6. The van der Waals surface area contributed by atoms with Crippen LogP contribution in [0.4, 0.5) is 4.79 Å². The second kappa shape index (κ2) is 11.9. The van der Waals surface area contributed by atoms with Crippen molar-refractivity contribution < 1.29 is 33.7 Å². The number of morpholine rings is 1. The fraction of sp³-hybridized carbons (Fsp3) is 0.519. The number of rotatable bonds is 5. The smallest absolute Gasteiger partial charge is 0.410 e. The van der Waals surface area contributed by atoms with Gasteiger partial charge in [0, 0.05) is 30.2 Å². The minimum atomic E-state index is -1.16. The van der Waals surface area contributed by atoms with E-state index < -0.39 is 35.7 Å². The van der Waals surface area contributed by atoms with Gasteiger partial charge in [-0.25, -0.2) is 9.59 Å². The van der Waals surface area contributed by atoms with E-state index in [9.17, 15) is 14.4 Å². The lowest BCUT2D eigenvalue weighted by Crippen LogP contribution is -2.62. The highest BCUT2D eigenvalue weighted by molar-refractivity contribution is 5.97. The summed E-state index contributed by atoms with van der Waals surface area (Å²) < 4.78 is 15.9. The molecule has 2 N–H and O–H groups in total. The van der Waals surface area contributed by atoms with Gasteiger partial charge in [0.2, 0.25) is 0 Å². The number of esters is 1. The highest BCUT2D eigenvalue weighted by atomic mass is 16.6. The third-order valence-electron chi connectivity index (χ3n) is 5.75. The Bertz CT molecular complexity index is 1090. The summed E-state index contributed by atoms with van der Waals surface area (Å²) in [4.78, 5) is 39.7. The molecule has 1 saturated heterocycles. The first-order chi connectivity index (χ1) is 17.1. The van der Waals surface area contributed by atoms with Gasteiger partial charge < -0.3 is 24.6 Å². The molecular formula is C27H32N2O7. The maximum Gasteiger partial charge on any atom is 0.410 e. The lowest BCUT2D eigenvalue weighted by molar-refractivity contribution is -0.146. The fourth-order valence-corrected chi connectivity index (χ4v) is 3.67. The minimum absolute atomic E-state index is 0.0365. The van der Waals surface area contributed by atoms with Crippen LogP contribution in [0.3, 0.4) is 0 Å². The molecule has 192 valence electrons. The van der Waals surface area contributed by atoms with Gasteiger partial charge in [-0.1, -0.05) is 11.8 Å². The summed E-state index contributed by atoms with van der Waals surface area (Å²) in [6.07, 6.45) is 0.308. The van der Waals surface area contributed by atoms with Crippen molar-refractivity contribution >= 4 is 18.0 Å². The molecule has 1 aliphatic carbocycles. The Morgan fingerprint density at radius 2 is 1.94 bits per heavy atom. The Balaban J connectivity index is 1.69. The second-order valence-corrected chi connectivity index (χ2v) is 9.67. The molecule has 1 saturated carbocycles. The first kappa shape index (κ1) is 27.1. The molecule has 1 heterocycles. The molecule has 1 aliphatic heterocycles. The third kappa shape index (κ3) is 7.48. The molecule has 0 radical (unpaired) electrons. The van der Waals surface area contributed by atoms with Gasteiger partial charge in [-0.05, 0) is 69.2 Å². The van der Waals surface area contributed by atoms with Crippen molar-refractivity contribution in [3.63, 3.8) is 0 Å². The summed E-state index contributed by atoms with van der Waals surface area (Å²) in [6, 6.07) is 4.59. The number of aliphatic hydroxyl groups is 1. The molecule has 3 rings (SSSR count). The molecule has 2 amide bonds. The van der Waals surface area contributed by atoms with Crippen molar-refractivity contribution in [2.24, 2.45) is 11.8 Å². The molecule has 9 nitrogen and oxygen atoms in total. The SMILES string of the molecule is COC(=O)[C@@H](NC(=O)c1ccc(C#CC#CC2CC2CO)cc1)[C@H]1COCCN1C(=O)OC(C)(C)C. The molecule has 1 aromatic rings.